The smallest absolute Gasteiger partial charge is 0.0622 e. The molecule has 21 heavy (non-hydrogen) atoms. The van der Waals surface area contributed by atoms with Gasteiger partial charge in [0.2, 0.25) is 0 Å². The van der Waals surface area contributed by atoms with E-state index in [4.69, 9.17) is 0 Å². The molecule has 0 heterocycles. The van der Waals surface area contributed by atoms with Gasteiger partial charge in [-0.3, -0.25) is 0 Å². The Bertz CT molecular complexity index is 412. The fourth-order valence-electron chi connectivity index (χ4n) is 4.45. The van der Waals surface area contributed by atoms with Crippen LogP contribution >= 0.6 is 0 Å². The molecule has 0 aliphatic heterocycles. The van der Waals surface area contributed by atoms with Crippen LogP contribution < -0.4 is 0 Å². The van der Waals surface area contributed by atoms with Crippen molar-refractivity contribution >= 4 is 0 Å². The van der Waals surface area contributed by atoms with E-state index in [9.17, 15) is 5.11 Å². The molecule has 0 aromatic rings. The first-order valence-corrected chi connectivity index (χ1v) is 8.80. The lowest BCUT2D eigenvalue weighted by Gasteiger charge is -2.37. The molecule has 0 bridgehead atoms. The third-order valence-corrected chi connectivity index (χ3v) is 6.00. The van der Waals surface area contributed by atoms with Gasteiger partial charge in [-0.15, -0.1) is 0 Å². The first-order chi connectivity index (χ1) is 9.72. The normalized spacial score (nSPS) is 42.6. The van der Waals surface area contributed by atoms with Gasteiger partial charge in [-0.2, -0.15) is 0 Å². The van der Waals surface area contributed by atoms with Crippen molar-refractivity contribution in [2.45, 2.75) is 78.7 Å². The van der Waals surface area contributed by atoms with Crippen molar-refractivity contribution in [3.05, 3.63) is 23.8 Å². The molecule has 0 saturated heterocycles. The van der Waals surface area contributed by atoms with Crippen LogP contribution in [0, 0.1) is 23.2 Å². The molecule has 1 heteroatoms. The molecule has 1 saturated carbocycles. The zero-order valence-electron chi connectivity index (χ0n) is 14.7. The lowest BCUT2D eigenvalue weighted by atomic mass is 9.70. The van der Waals surface area contributed by atoms with E-state index in [0.29, 0.717) is 17.8 Å². The summed E-state index contributed by atoms with van der Waals surface area (Å²) in [6, 6.07) is 0. The molecule has 0 amide bonds. The monoisotopic (exact) mass is 290 g/mol. The highest BCUT2D eigenvalue weighted by atomic mass is 16.3. The van der Waals surface area contributed by atoms with Gasteiger partial charge < -0.3 is 5.11 Å². The SMILES string of the molecule is C/C1=C\CC[C@@H](C)/C=C/[C@@]2(C)CCC(C(C)(C)O)C2CC1. The first-order valence-electron chi connectivity index (χ1n) is 8.80. The van der Waals surface area contributed by atoms with Gasteiger partial charge in [0.25, 0.3) is 0 Å². The van der Waals surface area contributed by atoms with Gasteiger partial charge in [-0.25, -0.2) is 0 Å². The molecular formula is C20H34O. The molecule has 2 rings (SSSR count). The highest BCUT2D eigenvalue weighted by Gasteiger charge is 2.48. The van der Waals surface area contributed by atoms with Crippen molar-refractivity contribution in [2.75, 3.05) is 0 Å². The molecule has 2 aliphatic carbocycles. The molecule has 0 spiro atoms. The fraction of sp³-hybridized carbons (Fsp3) is 0.800. The minimum Gasteiger partial charge on any atom is -0.390 e. The van der Waals surface area contributed by atoms with Crippen LogP contribution in [0.25, 0.3) is 0 Å². The number of hydrogen-bond donors (Lipinski definition) is 1. The number of allylic oxidation sites excluding steroid dienone is 4. The van der Waals surface area contributed by atoms with Gasteiger partial charge in [0.05, 0.1) is 5.60 Å². The Morgan fingerprint density at radius 1 is 1.24 bits per heavy atom. The van der Waals surface area contributed by atoms with Crippen molar-refractivity contribution in [2.24, 2.45) is 23.2 Å². The van der Waals surface area contributed by atoms with Crippen LogP contribution in [0.5, 0.6) is 0 Å². The molecule has 2 unspecified atom stereocenters. The lowest BCUT2D eigenvalue weighted by Crippen LogP contribution is -2.37. The number of rotatable bonds is 1. The predicted molar refractivity (Wildman–Crippen MR) is 91.1 cm³/mol. The van der Waals surface area contributed by atoms with Crippen LogP contribution in [-0.4, -0.2) is 10.7 Å². The highest BCUT2D eigenvalue weighted by molar-refractivity contribution is 5.11. The average Bonchev–Trinajstić information content (AvgIpc) is 2.70. The molecule has 120 valence electrons. The maximum atomic E-state index is 10.6. The van der Waals surface area contributed by atoms with E-state index in [1.54, 1.807) is 0 Å². The van der Waals surface area contributed by atoms with Crippen LogP contribution in [0.2, 0.25) is 0 Å². The Balaban J connectivity index is 2.29. The molecule has 1 nitrogen and oxygen atoms in total. The minimum atomic E-state index is -0.556. The molecule has 0 aromatic heterocycles. The second kappa shape index (κ2) is 6.28. The number of hydrogen-bond acceptors (Lipinski definition) is 1. The maximum Gasteiger partial charge on any atom is 0.0622 e. The van der Waals surface area contributed by atoms with Gasteiger partial charge in [0, 0.05) is 0 Å². The van der Waals surface area contributed by atoms with E-state index in [1.807, 2.05) is 13.8 Å². The van der Waals surface area contributed by atoms with Crippen LogP contribution in [0.15, 0.2) is 23.8 Å². The fourth-order valence-corrected chi connectivity index (χ4v) is 4.45. The van der Waals surface area contributed by atoms with Crippen molar-refractivity contribution in [1.29, 1.82) is 0 Å². The van der Waals surface area contributed by atoms with Gasteiger partial charge in [0.1, 0.15) is 0 Å². The quantitative estimate of drug-likeness (QED) is 0.632. The second-order valence-electron chi connectivity index (χ2n) is 8.41. The summed E-state index contributed by atoms with van der Waals surface area (Å²) in [5, 5.41) is 10.6. The molecule has 4 atom stereocenters. The second-order valence-corrected chi connectivity index (χ2v) is 8.41. The van der Waals surface area contributed by atoms with Gasteiger partial charge in [-0.1, -0.05) is 37.6 Å². The third kappa shape index (κ3) is 4.00. The molecule has 2 aliphatic rings. The number of aliphatic hydroxyl groups is 1. The highest BCUT2D eigenvalue weighted by Crippen LogP contribution is 2.53. The van der Waals surface area contributed by atoms with Crippen molar-refractivity contribution in [1.82, 2.24) is 0 Å². The summed E-state index contributed by atoms with van der Waals surface area (Å²) in [5.41, 5.74) is 1.25. The molecule has 1 fully saturated rings. The summed E-state index contributed by atoms with van der Waals surface area (Å²) in [5.74, 6) is 1.68. The van der Waals surface area contributed by atoms with Crippen LogP contribution in [0.1, 0.15) is 73.1 Å². The maximum absolute atomic E-state index is 10.6. The van der Waals surface area contributed by atoms with E-state index in [-0.39, 0.29) is 5.41 Å². The third-order valence-electron chi connectivity index (χ3n) is 6.00. The van der Waals surface area contributed by atoms with E-state index < -0.39 is 5.60 Å². The zero-order valence-corrected chi connectivity index (χ0v) is 14.7. The minimum absolute atomic E-state index is 0.267. The van der Waals surface area contributed by atoms with Gasteiger partial charge in [0.15, 0.2) is 0 Å². The van der Waals surface area contributed by atoms with E-state index >= 15 is 0 Å². The topological polar surface area (TPSA) is 20.2 Å². The standard InChI is InChI=1S/C20H34O/c1-15-7-6-8-16(2)11-13-20(5)14-12-17(19(3,4)21)18(20)10-9-15/h7,11,13,16-18,21H,6,8-10,12,14H2,1-5H3/b13-11+,15-7+/t16-,17?,18?,20+/m1/s1. The largest absolute Gasteiger partial charge is 0.390 e. The van der Waals surface area contributed by atoms with Gasteiger partial charge in [-0.05, 0) is 82.5 Å². The average molecular weight is 290 g/mol. The van der Waals surface area contributed by atoms with E-state index in [0.717, 1.165) is 6.42 Å². The zero-order chi connectivity index (χ0) is 15.7. The Morgan fingerprint density at radius 2 is 1.95 bits per heavy atom. The molecular weight excluding hydrogens is 256 g/mol. The van der Waals surface area contributed by atoms with Gasteiger partial charge >= 0.3 is 0 Å². The summed E-state index contributed by atoms with van der Waals surface area (Å²) in [7, 11) is 0. The first kappa shape index (κ1) is 16.8. The molecule has 0 aromatic carbocycles. The van der Waals surface area contributed by atoms with Crippen molar-refractivity contribution < 1.29 is 5.11 Å². The Kier molecular flexibility index (Phi) is 5.03. The van der Waals surface area contributed by atoms with Crippen molar-refractivity contribution in [3.8, 4) is 0 Å². The number of fused-ring (bicyclic) bond motifs is 1. The van der Waals surface area contributed by atoms with Crippen LogP contribution in [-0.2, 0) is 0 Å². The van der Waals surface area contributed by atoms with Crippen molar-refractivity contribution in [3.63, 3.8) is 0 Å². The lowest BCUT2D eigenvalue weighted by molar-refractivity contribution is -0.0114. The summed E-state index contributed by atoms with van der Waals surface area (Å²) >= 11 is 0. The van der Waals surface area contributed by atoms with Crippen LogP contribution in [0.3, 0.4) is 0 Å². The van der Waals surface area contributed by atoms with E-state index in [2.05, 4.69) is 39.0 Å². The Morgan fingerprint density at radius 3 is 2.62 bits per heavy atom. The summed E-state index contributed by atoms with van der Waals surface area (Å²) in [6.45, 7) is 11.0. The molecule has 1 N–H and O–H groups in total. The summed E-state index contributed by atoms with van der Waals surface area (Å²) < 4.78 is 0. The summed E-state index contributed by atoms with van der Waals surface area (Å²) in [6.07, 6.45) is 14.6. The molecule has 0 radical (unpaired) electrons. The Labute approximate surface area is 131 Å². The Hall–Kier alpha value is -0.560. The van der Waals surface area contributed by atoms with E-state index in [1.165, 1.54) is 37.7 Å². The predicted octanol–water partition coefficient (Wildman–Crippen LogP) is 5.50. The summed E-state index contributed by atoms with van der Waals surface area (Å²) in [4.78, 5) is 0. The van der Waals surface area contributed by atoms with Crippen LogP contribution in [0.4, 0.5) is 0 Å².